The number of aryl methyl sites for hydroxylation is 3. The second kappa shape index (κ2) is 7.09. The Balaban J connectivity index is 2.14. The Morgan fingerprint density at radius 3 is 2.17 bits per heavy atom. The van der Waals surface area contributed by atoms with Crippen LogP contribution in [-0.4, -0.2) is 18.4 Å². The van der Waals surface area contributed by atoms with Crippen LogP contribution in [0.4, 0.5) is 11.4 Å². The average molecular weight is 310 g/mol. The molecule has 0 aromatic heterocycles. The number of benzene rings is 2. The summed E-state index contributed by atoms with van der Waals surface area (Å²) >= 11 is 0. The molecule has 120 valence electrons. The summed E-state index contributed by atoms with van der Waals surface area (Å²) in [6, 6.07) is 13.4. The minimum Gasteiger partial charge on any atom is -0.325 e. The van der Waals surface area contributed by atoms with Gasteiger partial charge in [0.05, 0.1) is 0 Å². The van der Waals surface area contributed by atoms with E-state index in [9.17, 15) is 9.59 Å². The number of anilines is 2. The second-order valence-electron chi connectivity index (χ2n) is 5.87. The van der Waals surface area contributed by atoms with Crippen molar-refractivity contribution in [1.82, 2.24) is 0 Å². The van der Waals surface area contributed by atoms with Crippen molar-refractivity contribution in [1.29, 1.82) is 0 Å². The molecule has 0 saturated heterocycles. The molecule has 0 spiro atoms. The molecule has 0 aliphatic heterocycles. The van der Waals surface area contributed by atoms with Crippen molar-refractivity contribution in [3.63, 3.8) is 0 Å². The van der Waals surface area contributed by atoms with E-state index in [1.165, 1.54) is 11.8 Å². The number of hydrogen-bond acceptors (Lipinski definition) is 2. The van der Waals surface area contributed by atoms with Gasteiger partial charge in [-0.3, -0.25) is 9.59 Å². The maximum atomic E-state index is 12.3. The molecular weight excluding hydrogens is 288 g/mol. The molecule has 2 aromatic carbocycles. The van der Waals surface area contributed by atoms with Gasteiger partial charge in [-0.25, -0.2) is 0 Å². The number of nitrogens with zero attached hydrogens (tertiary/aromatic N) is 1. The van der Waals surface area contributed by atoms with Crippen LogP contribution in [0, 0.1) is 20.8 Å². The molecule has 2 amide bonds. The van der Waals surface area contributed by atoms with Crippen LogP contribution in [0.25, 0.3) is 0 Å². The molecule has 0 aliphatic rings. The van der Waals surface area contributed by atoms with Crippen molar-refractivity contribution < 1.29 is 9.59 Å². The van der Waals surface area contributed by atoms with Crippen molar-refractivity contribution in [3.8, 4) is 0 Å². The van der Waals surface area contributed by atoms with Crippen LogP contribution in [0.5, 0.6) is 0 Å². The zero-order valence-corrected chi connectivity index (χ0v) is 14.0. The summed E-state index contributed by atoms with van der Waals surface area (Å²) in [6.45, 7) is 7.38. The van der Waals surface area contributed by atoms with Crippen LogP contribution < -0.4 is 10.2 Å². The number of rotatable bonds is 4. The van der Waals surface area contributed by atoms with Gasteiger partial charge in [0.15, 0.2) is 0 Å². The lowest BCUT2D eigenvalue weighted by Gasteiger charge is -2.21. The van der Waals surface area contributed by atoms with Gasteiger partial charge in [0, 0.05) is 18.3 Å². The van der Waals surface area contributed by atoms with Gasteiger partial charge >= 0.3 is 0 Å². The predicted molar refractivity (Wildman–Crippen MR) is 93.8 cm³/mol. The number of carbonyl (C=O) groups is 2. The van der Waals surface area contributed by atoms with E-state index in [2.05, 4.69) is 5.32 Å². The zero-order chi connectivity index (χ0) is 17.0. The van der Waals surface area contributed by atoms with E-state index in [1.807, 2.05) is 63.2 Å². The topological polar surface area (TPSA) is 49.4 Å². The highest BCUT2D eigenvalue weighted by Gasteiger charge is 2.16. The fraction of sp³-hybridized carbons (Fsp3) is 0.263. The Bertz CT molecular complexity index is 718. The summed E-state index contributed by atoms with van der Waals surface area (Å²) in [5.41, 5.74) is 4.70. The van der Waals surface area contributed by atoms with Gasteiger partial charge in [0.2, 0.25) is 11.8 Å². The SMILES string of the molecule is CC(=O)N(CC(=O)Nc1cc(C)cc(C)c1)c1cccc(C)c1. The first-order chi connectivity index (χ1) is 10.8. The van der Waals surface area contributed by atoms with Crippen LogP contribution in [0.3, 0.4) is 0 Å². The lowest BCUT2D eigenvalue weighted by Crippen LogP contribution is -2.36. The molecule has 0 atom stereocenters. The Morgan fingerprint density at radius 1 is 0.957 bits per heavy atom. The molecule has 0 fully saturated rings. The van der Waals surface area contributed by atoms with Gasteiger partial charge in [-0.2, -0.15) is 0 Å². The summed E-state index contributed by atoms with van der Waals surface area (Å²) in [5, 5.41) is 2.86. The largest absolute Gasteiger partial charge is 0.325 e. The Hall–Kier alpha value is -2.62. The lowest BCUT2D eigenvalue weighted by atomic mass is 10.1. The van der Waals surface area contributed by atoms with Crippen LogP contribution >= 0.6 is 0 Å². The predicted octanol–water partition coefficient (Wildman–Crippen LogP) is 3.60. The van der Waals surface area contributed by atoms with E-state index < -0.39 is 0 Å². The van der Waals surface area contributed by atoms with Crippen molar-refractivity contribution in [2.75, 3.05) is 16.8 Å². The van der Waals surface area contributed by atoms with Crippen molar-refractivity contribution >= 4 is 23.2 Å². The molecule has 4 heteroatoms. The molecule has 0 aliphatic carbocycles. The van der Waals surface area contributed by atoms with Crippen LogP contribution in [0.15, 0.2) is 42.5 Å². The Labute approximate surface area is 137 Å². The van der Waals surface area contributed by atoms with Crippen LogP contribution in [0.2, 0.25) is 0 Å². The minimum atomic E-state index is -0.216. The van der Waals surface area contributed by atoms with E-state index in [0.29, 0.717) is 0 Å². The van der Waals surface area contributed by atoms with E-state index in [-0.39, 0.29) is 18.4 Å². The highest BCUT2D eigenvalue weighted by Crippen LogP contribution is 2.17. The van der Waals surface area contributed by atoms with Gasteiger partial charge < -0.3 is 10.2 Å². The standard InChI is InChI=1S/C19H22N2O2/c1-13-6-5-7-18(11-13)21(16(4)22)12-19(23)20-17-9-14(2)8-15(3)10-17/h5-11H,12H2,1-4H3,(H,20,23). The molecule has 0 radical (unpaired) electrons. The van der Waals surface area contributed by atoms with Gasteiger partial charge in [-0.15, -0.1) is 0 Å². The number of carbonyl (C=O) groups excluding carboxylic acids is 2. The maximum Gasteiger partial charge on any atom is 0.244 e. The molecule has 2 rings (SSSR count). The van der Waals surface area contributed by atoms with Crippen LogP contribution in [0.1, 0.15) is 23.6 Å². The number of nitrogens with one attached hydrogen (secondary N) is 1. The smallest absolute Gasteiger partial charge is 0.244 e. The van der Waals surface area contributed by atoms with E-state index in [4.69, 9.17) is 0 Å². The molecule has 0 bridgehead atoms. The van der Waals surface area contributed by atoms with Crippen LogP contribution in [-0.2, 0) is 9.59 Å². The third-order valence-electron chi connectivity index (χ3n) is 3.50. The van der Waals surface area contributed by atoms with Gasteiger partial charge in [0.25, 0.3) is 0 Å². The molecule has 0 heterocycles. The maximum absolute atomic E-state index is 12.3. The molecule has 23 heavy (non-hydrogen) atoms. The van der Waals surface area contributed by atoms with Gasteiger partial charge in [0.1, 0.15) is 6.54 Å². The summed E-state index contributed by atoms with van der Waals surface area (Å²) in [5.74, 6) is -0.377. The third-order valence-corrected chi connectivity index (χ3v) is 3.50. The summed E-state index contributed by atoms with van der Waals surface area (Å²) in [6.07, 6.45) is 0. The van der Waals surface area contributed by atoms with Gasteiger partial charge in [-0.05, 0) is 61.7 Å². The summed E-state index contributed by atoms with van der Waals surface area (Å²) in [4.78, 5) is 25.7. The first-order valence-electron chi connectivity index (χ1n) is 7.58. The van der Waals surface area contributed by atoms with Crippen molar-refractivity contribution in [2.45, 2.75) is 27.7 Å². The Kier molecular flexibility index (Phi) is 5.16. The fourth-order valence-corrected chi connectivity index (χ4v) is 2.57. The molecule has 0 unspecified atom stereocenters. The number of amides is 2. The van der Waals surface area contributed by atoms with Crippen molar-refractivity contribution in [2.24, 2.45) is 0 Å². The minimum absolute atomic E-state index is 0.00816. The highest BCUT2D eigenvalue weighted by atomic mass is 16.2. The van der Waals surface area contributed by atoms with E-state index in [0.717, 1.165) is 28.1 Å². The zero-order valence-electron chi connectivity index (χ0n) is 14.0. The average Bonchev–Trinajstić information content (AvgIpc) is 2.43. The molecule has 4 nitrogen and oxygen atoms in total. The summed E-state index contributed by atoms with van der Waals surface area (Å²) in [7, 11) is 0. The molecule has 1 N–H and O–H groups in total. The lowest BCUT2D eigenvalue weighted by molar-refractivity contribution is -0.120. The molecular formula is C19H22N2O2. The molecule has 0 saturated carbocycles. The highest BCUT2D eigenvalue weighted by molar-refractivity contribution is 6.01. The summed E-state index contributed by atoms with van der Waals surface area (Å²) < 4.78 is 0. The first kappa shape index (κ1) is 16.7. The first-order valence-corrected chi connectivity index (χ1v) is 7.58. The fourth-order valence-electron chi connectivity index (χ4n) is 2.57. The monoisotopic (exact) mass is 310 g/mol. The van der Waals surface area contributed by atoms with E-state index >= 15 is 0 Å². The Morgan fingerprint density at radius 2 is 1.61 bits per heavy atom. The third kappa shape index (κ3) is 4.68. The normalized spacial score (nSPS) is 10.3. The van der Waals surface area contributed by atoms with Crippen molar-refractivity contribution in [3.05, 3.63) is 59.2 Å². The van der Waals surface area contributed by atoms with Gasteiger partial charge in [-0.1, -0.05) is 18.2 Å². The molecule has 2 aromatic rings. The quantitative estimate of drug-likeness (QED) is 0.938. The second-order valence-corrected chi connectivity index (χ2v) is 5.87. The van der Waals surface area contributed by atoms with E-state index in [1.54, 1.807) is 0 Å². The number of hydrogen-bond donors (Lipinski definition) is 1.